The molecule has 0 spiro atoms. The van der Waals surface area contributed by atoms with Crippen molar-refractivity contribution >= 4 is 45.4 Å². The second kappa shape index (κ2) is 7.16. The minimum absolute atomic E-state index is 0.0354. The van der Waals surface area contributed by atoms with E-state index in [-0.39, 0.29) is 22.9 Å². The third-order valence-electron chi connectivity index (χ3n) is 4.70. The molecule has 1 saturated carbocycles. The minimum atomic E-state index is -0.724. The van der Waals surface area contributed by atoms with Crippen LogP contribution in [0.3, 0.4) is 0 Å². The standard InChI is InChI=1S/C16H20N4O4S2/c1-8-3-2-4-9(5-8)23-13(21)14-24-11(7-25-14)20-12-10(26-16(20)22)6-18-15(17)19-12/h6,8-9,11,14H,2-5,7H2,1H3,(H2,17,18,19). The van der Waals surface area contributed by atoms with Crippen molar-refractivity contribution in [2.75, 3.05) is 11.5 Å². The van der Waals surface area contributed by atoms with Crippen LogP contribution < -0.4 is 10.6 Å². The molecule has 0 amide bonds. The lowest BCUT2D eigenvalue weighted by molar-refractivity contribution is -0.161. The van der Waals surface area contributed by atoms with E-state index < -0.39 is 11.7 Å². The first-order valence-corrected chi connectivity index (χ1v) is 10.5. The molecule has 0 bridgehead atoms. The molecular weight excluding hydrogens is 376 g/mol. The Kier molecular flexibility index (Phi) is 4.89. The number of nitrogens with two attached hydrogens (primary N) is 1. The van der Waals surface area contributed by atoms with Gasteiger partial charge in [0.2, 0.25) is 11.4 Å². The van der Waals surface area contributed by atoms with E-state index in [1.807, 2.05) is 0 Å². The molecule has 2 fully saturated rings. The molecule has 1 saturated heterocycles. The summed E-state index contributed by atoms with van der Waals surface area (Å²) < 4.78 is 13.5. The first-order valence-electron chi connectivity index (χ1n) is 8.62. The highest BCUT2D eigenvalue weighted by atomic mass is 32.2. The van der Waals surface area contributed by atoms with Gasteiger partial charge < -0.3 is 15.2 Å². The maximum Gasteiger partial charge on any atom is 0.346 e. The molecule has 0 radical (unpaired) electrons. The zero-order valence-electron chi connectivity index (χ0n) is 14.3. The van der Waals surface area contributed by atoms with Crippen LogP contribution in [0.1, 0.15) is 38.8 Å². The highest BCUT2D eigenvalue weighted by molar-refractivity contribution is 8.00. The van der Waals surface area contributed by atoms with E-state index >= 15 is 0 Å². The lowest BCUT2D eigenvalue weighted by atomic mass is 9.89. The minimum Gasteiger partial charge on any atom is -0.460 e. The number of nitrogens with zero attached hydrogens (tertiary/aromatic N) is 3. The fourth-order valence-corrected chi connectivity index (χ4v) is 5.26. The maximum atomic E-state index is 12.4. The molecule has 10 heteroatoms. The predicted octanol–water partition coefficient (Wildman–Crippen LogP) is 2.15. The van der Waals surface area contributed by atoms with Crippen molar-refractivity contribution in [3.63, 3.8) is 0 Å². The van der Waals surface area contributed by atoms with Crippen LogP contribution in [0.2, 0.25) is 0 Å². The van der Waals surface area contributed by atoms with E-state index in [0.717, 1.165) is 30.6 Å². The third kappa shape index (κ3) is 3.45. The lowest BCUT2D eigenvalue weighted by Gasteiger charge is -2.27. The summed E-state index contributed by atoms with van der Waals surface area (Å²) in [7, 11) is 0. The summed E-state index contributed by atoms with van der Waals surface area (Å²) in [6.45, 7) is 2.18. The number of fused-ring (bicyclic) bond motifs is 1. The molecule has 4 atom stereocenters. The summed E-state index contributed by atoms with van der Waals surface area (Å²) in [4.78, 5) is 32.6. The molecule has 140 valence electrons. The molecule has 1 aliphatic heterocycles. The lowest BCUT2D eigenvalue weighted by Crippen LogP contribution is -2.30. The van der Waals surface area contributed by atoms with E-state index in [1.165, 1.54) is 28.9 Å². The second-order valence-electron chi connectivity index (χ2n) is 6.74. The summed E-state index contributed by atoms with van der Waals surface area (Å²) in [5.41, 5.74) is 5.35. The molecule has 8 nitrogen and oxygen atoms in total. The molecular formula is C16H20N4O4S2. The Morgan fingerprint density at radius 3 is 3.12 bits per heavy atom. The van der Waals surface area contributed by atoms with Gasteiger partial charge in [0.05, 0.1) is 10.9 Å². The van der Waals surface area contributed by atoms with Gasteiger partial charge in [-0.05, 0) is 25.2 Å². The summed E-state index contributed by atoms with van der Waals surface area (Å²) in [5, 5.41) is 0. The number of rotatable bonds is 3. The Hall–Kier alpha value is -1.65. The Labute approximate surface area is 158 Å². The molecule has 4 unspecified atom stereocenters. The molecule has 0 aromatic carbocycles. The molecule has 2 aliphatic rings. The summed E-state index contributed by atoms with van der Waals surface area (Å²) in [5.74, 6) is 0.777. The Balaban J connectivity index is 1.47. The van der Waals surface area contributed by atoms with Gasteiger partial charge in [-0.25, -0.2) is 9.78 Å². The zero-order chi connectivity index (χ0) is 18.3. The van der Waals surface area contributed by atoms with Gasteiger partial charge in [-0.2, -0.15) is 4.98 Å². The number of aromatic nitrogens is 3. The topological polar surface area (TPSA) is 109 Å². The summed E-state index contributed by atoms with van der Waals surface area (Å²) in [6, 6.07) is 0. The number of anilines is 1. The Morgan fingerprint density at radius 1 is 1.46 bits per heavy atom. The van der Waals surface area contributed by atoms with Crippen molar-refractivity contribution in [2.45, 2.75) is 50.4 Å². The van der Waals surface area contributed by atoms with Crippen molar-refractivity contribution in [3.05, 3.63) is 15.9 Å². The molecule has 1 aliphatic carbocycles. The number of thioether (sulfide) groups is 1. The van der Waals surface area contributed by atoms with Crippen molar-refractivity contribution < 1.29 is 14.3 Å². The third-order valence-corrected chi connectivity index (χ3v) is 6.66. The van der Waals surface area contributed by atoms with Crippen molar-refractivity contribution in [1.29, 1.82) is 0 Å². The molecule has 26 heavy (non-hydrogen) atoms. The molecule has 3 heterocycles. The Morgan fingerprint density at radius 2 is 2.31 bits per heavy atom. The monoisotopic (exact) mass is 396 g/mol. The van der Waals surface area contributed by atoms with Gasteiger partial charge in [-0.15, -0.1) is 11.8 Å². The van der Waals surface area contributed by atoms with Gasteiger partial charge in [-0.1, -0.05) is 24.7 Å². The number of hydrogen-bond acceptors (Lipinski definition) is 9. The van der Waals surface area contributed by atoms with Crippen molar-refractivity contribution in [1.82, 2.24) is 14.5 Å². The van der Waals surface area contributed by atoms with Crippen LogP contribution in [0.15, 0.2) is 11.0 Å². The van der Waals surface area contributed by atoms with Crippen LogP contribution in [-0.2, 0) is 14.3 Å². The zero-order valence-corrected chi connectivity index (χ0v) is 15.9. The number of ether oxygens (including phenoxy) is 2. The highest BCUT2D eigenvalue weighted by Crippen LogP contribution is 2.35. The molecule has 2 aromatic heterocycles. The second-order valence-corrected chi connectivity index (χ2v) is 8.83. The molecule has 4 rings (SSSR count). The largest absolute Gasteiger partial charge is 0.460 e. The van der Waals surface area contributed by atoms with E-state index in [1.54, 1.807) is 0 Å². The van der Waals surface area contributed by atoms with Gasteiger partial charge in [0.1, 0.15) is 6.10 Å². The average molecular weight is 396 g/mol. The van der Waals surface area contributed by atoms with Gasteiger partial charge in [0, 0.05) is 5.75 Å². The fraction of sp³-hybridized carbons (Fsp3) is 0.625. The van der Waals surface area contributed by atoms with E-state index in [0.29, 0.717) is 22.0 Å². The smallest absolute Gasteiger partial charge is 0.346 e. The van der Waals surface area contributed by atoms with E-state index in [9.17, 15) is 9.59 Å². The quantitative estimate of drug-likeness (QED) is 0.786. The first-order chi connectivity index (χ1) is 12.5. The van der Waals surface area contributed by atoms with Gasteiger partial charge in [-0.3, -0.25) is 9.36 Å². The number of carbonyl (C=O) groups excluding carboxylic acids is 1. The fourth-order valence-electron chi connectivity index (χ4n) is 3.46. The van der Waals surface area contributed by atoms with Crippen molar-refractivity contribution in [3.8, 4) is 0 Å². The van der Waals surface area contributed by atoms with Gasteiger partial charge in [0.15, 0.2) is 11.9 Å². The first kappa shape index (κ1) is 17.7. The number of carbonyl (C=O) groups is 1. The predicted molar refractivity (Wildman–Crippen MR) is 100.0 cm³/mol. The number of hydrogen-bond donors (Lipinski definition) is 1. The van der Waals surface area contributed by atoms with Gasteiger partial charge in [0.25, 0.3) is 0 Å². The summed E-state index contributed by atoms with van der Waals surface area (Å²) >= 11 is 2.38. The van der Waals surface area contributed by atoms with Gasteiger partial charge >= 0.3 is 10.8 Å². The van der Waals surface area contributed by atoms with E-state index in [4.69, 9.17) is 15.2 Å². The van der Waals surface area contributed by atoms with E-state index in [2.05, 4.69) is 16.9 Å². The van der Waals surface area contributed by atoms with Crippen LogP contribution in [0.4, 0.5) is 5.95 Å². The maximum absolute atomic E-state index is 12.4. The average Bonchev–Trinajstić information content (AvgIpc) is 3.18. The number of esters is 1. The van der Waals surface area contributed by atoms with Crippen molar-refractivity contribution in [2.24, 2.45) is 5.92 Å². The van der Waals surface area contributed by atoms with Crippen LogP contribution in [0, 0.1) is 5.92 Å². The Bertz CT molecular complexity index is 883. The van der Waals surface area contributed by atoms with Crippen LogP contribution in [0.5, 0.6) is 0 Å². The number of nitrogen functional groups attached to an aromatic ring is 1. The molecule has 2 aromatic rings. The highest BCUT2D eigenvalue weighted by Gasteiger charge is 2.37. The molecule has 2 N–H and O–H groups in total. The summed E-state index contributed by atoms with van der Waals surface area (Å²) in [6.07, 6.45) is 4.99. The normalized spacial score (nSPS) is 29.1. The van der Waals surface area contributed by atoms with Crippen LogP contribution in [0.25, 0.3) is 10.3 Å². The SMILES string of the molecule is CC1CCCC(OC(=O)C2OC(n3c(=O)sc4cnc(N)nc43)CS2)C1. The van der Waals surface area contributed by atoms with Crippen LogP contribution >= 0.6 is 23.1 Å². The van der Waals surface area contributed by atoms with Crippen LogP contribution in [-0.4, -0.2) is 37.8 Å². The number of thiazole rings is 1.